The maximum absolute atomic E-state index is 13.0. The highest BCUT2D eigenvalue weighted by Crippen LogP contribution is 2.30. The van der Waals surface area contributed by atoms with Gasteiger partial charge in [-0.1, -0.05) is 19.3 Å². The molecule has 0 spiro atoms. The molecular weight excluding hydrogens is 340 g/mol. The van der Waals surface area contributed by atoms with Crippen molar-refractivity contribution in [3.05, 3.63) is 23.8 Å². The van der Waals surface area contributed by atoms with Crippen molar-refractivity contribution in [3.63, 3.8) is 0 Å². The summed E-state index contributed by atoms with van der Waals surface area (Å²) in [4.78, 5) is 12.6. The van der Waals surface area contributed by atoms with Crippen molar-refractivity contribution < 1.29 is 17.9 Å². The summed E-state index contributed by atoms with van der Waals surface area (Å²) in [6.07, 6.45) is 7.01. The Kier molecular flexibility index (Phi) is 5.64. The van der Waals surface area contributed by atoms with E-state index < -0.39 is 10.0 Å². The van der Waals surface area contributed by atoms with Gasteiger partial charge in [-0.25, -0.2) is 8.42 Å². The molecule has 0 radical (unpaired) electrons. The fourth-order valence-corrected chi connectivity index (χ4v) is 5.30. The van der Waals surface area contributed by atoms with E-state index in [9.17, 15) is 13.2 Å². The second-order valence-corrected chi connectivity index (χ2v) is 8.69. The first-order valence-corrected chi connectivity index (χ1v) is 10.5. The highest BCUT2D eigenvalue weighted by Gasteiger charge is 2.30. The Hall–Kier alpha value is -1.60. The van der Waals surface area contributed by atoms with Gasteiger partial charge in [0.05, 0.1) is 7.11 Å². The van der Waals surface area contributed by atoms with Gasteiger partial charge in [0.2, 0.25) is 10.0 Å². The monoisotopic (exact) mass is 366 g/mol. The lowest BCUT2D eigenvalue weighted by Gasteiger charge is -2.26. The van der Waals surface area contributed by atoms with E-state index in [1.807, 2.05) is 0 Å². The zero-order valence-electron chi connectivity index (χ0n) is 14.7. The number of benzene rings is 1. The number of hydrogen-bond donors (Lipinski definition) is 1. The first kappa shape index (κ1) is 18.2. The Morgan fingerprint density at radius 1 is 1.12 bits per heavy atom. The third kappa shape index (κ3) is 3.98. The number of nitrogens with zero attached hydrogens (tertiary/aromatic N) is 1. The molecule has 0 bridgehead atoms. The summed E-state index contributed by atoms with van der Waals surface area (Å²) >= 11 is 0. The van der Waals surface area contributed by atoms with Crippen LogP contribution in [0.3, 0.4) is 0 Å². The van der Waals surface area contributed by atoms with Crippen LogP contribution in [0.1, 0.15) is 55.3 Å². The first-order valence-electron chi connectivity index (χ1n) is 9.01. The summed E-state index contributed by atoms with van der Waals surface area (Å²) in [6.45, 7) is 1.04. The molecule has 0 atom stereocenters. The van der Waals surface area contributed by atoms with E-state index in [-0.39, 0.29) is 22.6 Å². The van der Waals surface area contributed by atoms with Gasteiger partial charge >= 0.3 is 0 Å². The highest BCUT2D eigenvalue weighted by molar-refractivity contribution is 7.89. The summed E-state index contributed by atoms with van der Waals surface area (Å²) in [5.74, 6) is 0.0626. The molecule has 6 nitrogen and oxygen atoms in total. The number of ether oxygens (including phenoxy) is 1. The maximum atomic E-state index is 13.0. The van der Waals surface area contributed by atoms with E-state index in [1.165, 1.54) is 17.5 Å². The van der Waals surface area contributed by atoms with Crippen LogP contribution in [0.2, 0.25) is 0 Å². The van der Waals surface area contributed by atoms with Gasteiger partial charge < -0.3 is 10.1 Å². The van der Waals surface area contributed by atoms with Crippen LogP contribution in [-0.4, -0.2) is 44.9 Å². The van der Waals surface area contributed by atoms with E-state index in [2.05, 4.69) is 5.32 Å². The first-order chi connectivity index (χ1) is 12.0. The molecule has 1 aromatic rings. The van der Waals surface area contributed by atoms with Gasteiger partial charge in [0.25, 0.3) is 5.91 Å². The summed E-state index contributed by atoms with van der Waals surface area (Å²) in [6, 6.07) is 4.84. The zero-order chi connectivity index (χ0) is 17.9. The smallest absolute Gasteiger partial charge is 0.251 e. The van der Waals surface area contributed by atoms with Crippen molar-refractivity contribution >= 4 is 15.9 Å². The molecule has 1 heterocycles. The van der Waals surface area contributed by atoms with Gasteiger partial charge in [-0.3, -0.25) is 4.79 Å². The van der Waals surface area contributed by atoms with Crippen LogP contribution in [0, 0.1) is 0 Å². The number of methoxy groups -OCH3 is 1. The molecule has 25 heavy (non-hydrogen) atoms. The van der Waals surface area contributed by atoms with Crippen molar-refractivity contribution in [1.82, 2.24) is 9.62 Å². The number of nitrogens with one attached hydrogen (secondary N) is 1. The minimum absolute atomic E-state index is 0.0796. The summed E-state index contributed by atoms with van der Waals surface area (Å²) in [5, 5.41) is 3.00. The second-order valence-electron chi connectivity index (χ2n) is 6.79. The second kappa shape index (κ2) is 7.74. The topological polar surface area (TPSA) is 75.7 Å². The molecule has 1 N–H and O–H groups in total. The van der Waals surface area contributed by atoms with E-state index in [0.29, 0.717) is 18.7 Å². The third-order valence-corrected chi connectivity index (χ3v) is 6.97. The normalized spacial score (nSPS) is 19.7. The molecule has 1 aromatic carbocycles. The quantitative estimate of drug-likeness (QED) is 0.869. The van der Waals surface area contributed by atoms with Crippen LogP contribution in [0.25, 0.3) is 0 Å². The Bertz CT molecular complexity index is 721. The van der Waals surface area contributed by atoms with E-state index in [4.69, 9.17) is 4.74 Å². The molecule has 1 saturated carbocycles. The van der Waals surface area contributed by atoms with E-state index in [1.54, 1.807) is 12.1 Å². The van der Waals surface area contributed by atoms with Crippen molar-refractivity contribution in [3.8, 4) is 5.75 Å². The predicted molar refractivity (Wildman–Crippen MR) is 95.3 cm³/mol. The Morgan fingerprint density at radius 3 is 2.44 bits per heavy atom. The van der Waals surface area contributed by atoms with Crippen molar-refractivity contribution in [2.75, 3.05) is 20.2 Å². The van der Waals surface area contributed by atoms with Gasteiger partial charge in [-0.15, -0.1) is 0 Å². The van der Waals surface area contributed by atoms with Crippen LogP contribution < -0.4 is 10.1 Å². The standard InChI is InChI=1S/C18H26N2O4S/c1-24-16-10-9-14(18(21)19-15-7-3-4-8-15)13-17(16)25(22,23)20-11-5-2-6-12-20/h9-10,13,15H,2-8,11-12H2,1H3,(H,19,21). The minimum atomic E-state index is -3.66. The van der Waals surface area contributed by atoms with Crippen molar-refractivity contribution in [2.45, 2.75) is 55.9 Å². The average Bonchev–Trinajstić information content (AvgIpc) is 3.15. The Balaban J connectivity index is 1.87. The lowest BCUT2D eigenvalue weighted by atomic mass is 10.1. The minimum Gasteiger partial charge on any atom is -0.495 e. The third-order valence-electron chi connectivity index (χ3n) is 5.05. The fourth-order valence-electron chi connectivity index (χ4n) is 3.60. The molecule has 2 fully saturated rings. The lowest BCUT2D eigenvalue weighted by molar-refractivity contribution is 0.0937. The maximum Gasteiger partial charge on any atom is 0.251 e. The lowest BCUT2D eigenvalue weighted by Crippen LogP contribution is -2.36. The number of rotatable bonds is 5. The number of sulfonamides is 1. The SMILES string of the molecule is COc1ccc(C(=O)NC2CCCC2)cc1S(=O)(=O)N1CCCCC1. The van der Waals surface area contributed by atoms with Gasteiger partial charge in [0, 0.05) is 24.7 Å². The van der Waals surface area contributed by atoms with Crippen LogP contribution in [0.15, 0.2) is 23.1 Å². The zero-order valence-corrected chi connectivity index (χ0v) is 15.5. The van der Waals surface area contributed by atoms with Gasteiger partial charge in [-0.2, -0.15) is 4.31 Å². The number of carbonyl (C=O) groups excluding carboxylic acids is 1. The molecule has 138 valence electrons. The van der Waals surface area contributed by atoms with Crippen LogP contribution in [0.4, 0.5) is 0 Å². The molecule has 2 aliphatic rings. The fraction of sp³-hybridized carbons (Fsp3) is 0.611. The number of carbonyl (C=O) groups is 1. The number of hydrogen-bond acceptors (Lipinski definition) is 4. The molecular formula is C18H26N2O4S. The Morgan fingerprint density at radius 2 is 1.80 bits per heavy atom. The molecule has 3 rings (SSSR count). The van der Waals surface area contributed by atoms with Crippen LogP contribution in [-0.2, 0) is 10.0 Å². The molecule has 1 amide bonds. The largest absolute Gasteiger partial charge is 0.495 e. The summed E-state index contributed by atoms with van der Waals surface area (Å²) in [5.41, 5.74) is 0.364. The van der Waals surface area contributed by atoms with E-state index in [0.717, 1.165) is 44.9 Å². The number of amides is 1. The predicted octanol–water partition coefficient (Wildman–Crippen LogP) is 2.54. The molecule has 1 saturated heterocycles. The van der Waals surface area contributed by atoms with Crippen molar-refractivity contribution in [2.24, 2.45) is 0 Å². The highest BCUT2D eigenvalue weighted by atomic mass is 32.2. The number of piperidine rings is 1. The molecule has 0 aromatic heterocycles. The van der Waals surface area contributed by atoms with Crippen molar-refractivity contribution in [1.29, 1.82) is 0 Å². The van der Waals surface area contributed by atoms with Gasteiger partial charge in [-0.05, 0) is 43.9 Å². The van der Waals surface area contributed by atoms with E-state index >= 15 is 0 Å². The average molecular weight is 366 g/mol. The summed E-state index contributed by atoms with van der Waals surface area (Å²) in [7, 11) is -2.21. The van der Waals surface area contributed by atoms with Crippen LogP contribution in [0.5, 0.6) is 5.75 Å². The Labute approximate surface area is 149 Å². The van der Waals surface area contributed by atoms with Crippen LogP contribution >= 0.6 is 0 Å². The summed E-state index contributed by atoms with van der Waals surface area (Å²) < 4.78 is 32.7. The molecule has 1 aliphatic carbocycles. The molecule has 7 heteroatoms. The molecule has 1 aliphatic heterocycles. The van der Waals surface area contributed by atoms with Gasteiger partial charge in [0.1, 0.15) is 10.6 Å². The van der Waals surface area contributed by atoms with Gasteiger partial charge in [0.15, 0.2) is 0 Å². The molecule has 0 unspecified atom stereocenters.